The third kappa shape index (κ3) is 4.19. The smallest absolute Gasteiger partial charge is 0.272 e. The summed E-state index contributed by atoms with van der Waals surface area (Å²) in [5.74, 6) is 0.520. The topological polar surface area (TPSA) is 45.2 Å². The molecule has 24 heavy (non-hydrogen) atoms. The quantitative estimate of drug-likeness (QED) is 0.833. The number of rotatable bonds is 3. The molecular weight excluding hydrogens is 345 g/mol. The number of carbonyl (C=O) groups is 1. The summed E-state index contributed by atoms with van der Waals surface area (Å²) in [6, 6.07) is 8.80. The van der Waals surface area contributed by atoms with Crippen LogP contribution in [0.2, 0.25) is 10.0 Å². The fraction of sp³-hybridized carbons (Fsp3) is 0.333. The molecule has 2 aromatic rings. The molecule has 1 aliphatic rings. The first-order chi connectivity index (χ1) is 11.5. The zero-order chi connectivity index (χ0) is 17.1. The van der Waals surface area contributed by atoms with Gasteiger partial charge in [0.2, 0.25) is 0 Å². The molecule has 3 rings (SSSR count). The van der Waals surface area contributed by atoms with Crippen LogP contribution in [0.1, 0.15) is 30.3 Å². The second-order valence-corrected chi connectivity index (χ2v) is 7.08. The van der Waals surface area contributed by atoms with Gasteiger partial charge in [-0.05, 0) is 49.1 Å². The highest BCUT2D eigenvalue weighted by atomic mass is 35.5. The summed E-state index contributed by atoms with van der Waals surface area (Å²) in [6.45, 7) is 3.77. The van der Waals surface area contributed by atoms with Gasteiger partial charge in [-0.25, -0.2) is 0 Å². The Morgan fingerprint density at radius 3 is 2.67 bits per heavy atom. The summed E-state index contributed by atoms with van der Waals surface area (Å²) in [5, 5.41) is 4.32. The van der Waals surface area contributed by atoms with E-state index in [1.54, 1.807) is 30.5 Å². The van der Waals surface area contributed by atoms with Gasteiger partial charge >= 0.3 is 0 Å². The van der Waals surface area contributed by atoms with E-state index in [9.17, 15) is 4.79 Å². The van der Waals surface area contributed by atoms with Crippen LogP contribution in [0.3, 0.4) is 0 Å². The molecule has 1 unspecified atom stereocenters. The van der Waals surface area contributed by atoms with Crippen molar-refractivity contribution in [2.75, 3.05) is 18.4 Å². The Labute approximate surface area is 151 Å². The predicted molar refractivity (Wildman–Crippen MR) is 98.3 cm³/mol. The van der Waals surface area contributed by atoms with Crippen molar-refractivity contribution < 1.29 is 4.79 Å². The lowest BCUT2D eigenvalue weighted by atomic mass is 10.00. The lowest BCUT2D eigenvalue weighted by Crippen LogP contribution is -2.39. The standard InChI is InChI=1S/C18H19Cl2N3O/c1-12-3-2-6-23(11-12)18(24)17-10-15(4-5-21-17)22-16-8-13(19)7-14(20)9-16/h4-5,7-10,12H,2-3,6,11H2,1H3,(H,21,22). The number of piperidine rings is 1. The lowest BCUT2D eigenvalue weighted by molar-refractivity contribution is 0.0677. The second kappa shape index (κ2) is 7.41. The number of nitrogens with one attached hydrogen (secondary N) is 1. The summed E-state index contributed by atoms with van der Waals surface area (Å²) in [7, 11) is 0. The molecule has 1 atom stereocenters. The molecule has 6 heteroatoms. The van der Waals surface area contributed by atoms with Crippen molar-refractivity contribution in [3.05, 3.63) is 52.3 Å². The van der Waals surface area contributed by atoms with E-state index in [1.165, 1.54) is 6.42 Å². The first-order valence-electron chi connectivity index (χ1n) is 8.00. The summed E-state index contributed by atoms with van der Waals surface area (Å²) in [4.78, 5) is 18.8. The fourth-order valence-corrected chi connectivity index (χ4v) is 3.48. The molecule has 0 aliphatic carbocycles. The van der Waals surface area contributed by atoms with Crippen LogP contribution in [0.5, 0.6) is 0 Å². The van der Waals surface area contributed by atoms with Gasteiger partial charge in [0.1, 0.15) is 5.69 Å². The average molecular weight is 364 g/mol. The van der Waals surface area contributed by atoms with Crippen LogP contribution in [-0.2, 0) is 0 Å². The maximum absolute atomic E-state index is 12.7. The number of nitrogens with zero attached hydrogens (tertiary/aromatic N) is 2. The maximum Gasteiger partial charge on any atom is 0.272 e. The molecule has 1 aromatic heterocycles. The highest BCUT2D eigenvalue weighted by Gasteiger charge is 2.23. The Kier molecular flexibility index (Phi) is 5.27. The zero-order valence-electron chi connectivity index (χ0n) is 13.4. The van der Waals surface area contributed by atoms with E-state index in [4.69, 9.17) is 23.2 Å². The van der Waals surface area contributed by atoms with Gasteiger partial charge in [-0.15, -0.1) is 0 Å². The molecule has 2 heterocycles. The average Bonchev–Trinajstić information content (AvgIpc) is 2.53. The predicted octanol–water partition coefficient (Wildman–Crippen LogP) is 5.00. The Morgan fingerprint density at radius 2 is 1.96 bits per heavy atom. The molecule has 1 N–H and O–H groups in total. The van der Waals surface area contributed by atoms with E-state index in [0.29, 0.717) is 21.7 Å². The Morgan fingerprint density at radius 1 is 1.21 bits per heavy atom. The summed E-state index contributed by atoms with van der Waals surface area (Å²) in [5.41, 5.74) is 1.99. The lowest BCUT2D eigenvalue weighted by Gasteiger charge is -2.30. The molecule has 1 amide bonds. The molecule has 1 fully saturated rings. The summed E-state index contributed by atoms with van der Waals surface area (Å²) < 4.78 is 0. The van der Waals surface area contributed by atoms with Crippen molar-refractivity contribution in [3.8, 4) is 0 Å². The minimum atomic E-state index is -0.0191. The number of likely N-dealkylation sites (tertiary alicyclic amines) is 1. The van der Waals surface area contributed by atoms with Crippen molar-refractivity contribution >= 4 is 40.5 Å². The van der Waals surface area contributed by atoms with Crippen molar-refractivity contribution in [1.29, 1.82) is 0 Å². The number of carbonyl (C=O) groups excluding carboxylic acids is 1. The van der Waals surface area contributed by atoms with Gasteiger partial charge < -0.3 is 10.2 Å². The molecule has 4 nitrogen and oxygen atoms in total. The maximum atomic E-state index is 12.7. The minimum Gasteiger partial charge on any atom is -0.355 e. The largest absolute Gasteiger partial charge is 0.355 e. The van der Waals surface area contributed by atoms with Crippen molar-refractivity contribution in [2.24, 2.45) is 5.92 Å². The molecule has 0 bridgehead atoms. The second-order valence-electron chi connectivity index (χ2n) is 6.21. The molecule has 0 saturated carbocycles. The van der Waals surface area contributed by atoms with E-state index in [-0.39, 0.29) is 5.91 Å². The fourth-order valence-electron chi connectivity index (χ4n) is 2.95. The Bertz CT molecular complexity index is 731. The van der Waals surface area contributed by atoms with Gasteiger partial charge in [0.25, 0.3) is 5.91 Å². The number of benzene rings is 1. The van der Waals surface area contributed by atoms with Gasteiger partial charge in [-0.1, -0.05) is 30.1 Å². The van der Waals surface area contributed by atoms with Crippen LogP contribution < -0.4 is 5.32 Å². The van der Waals surface area contributed by atoms with Gasteiger partial charge in [-0.2, -0.15) is 0 Å². The first-order valence-corrected chi connectivity index (χ1v) is 8.75. The van der Waals surface area contributed by atoms with E-state index in [2.05, 4.69) is 17.2 Å². The molecule has 0 spiro atoms. The van der Waals surface area contributed by atoms with Crippen LogP contribution in [0.4, 0.5) is 11.4 Å². The van der Waals surface area contributed by atoms with Gasteiger partial charge in [0, 0.05) is 40.7 Å². The minimum absolute atomic E-state index is 0.0191. The SMILES string of the molecule is CC1CCCN(C(=O)c2cc(Nc3cc(Cl)cc(Cl)c3)ccn2)C1. The highest BCUT2D eigenvalue weighted by Crippen LogP contribution is 2.26. The Hall–Kier alpha value is -1.78. The van der Waals surface area contributed by atoms with Crippen LogP contribution in [0.25, 0.3) is 0 Å². The van der Waals surface area contributed by atoms with E-state index < -0.39 is 0 Å². The van der Waals surface area contributed by atoms with Crippen LogP contribution >= 0.6 is 23.2 Å². The van der Waals surface area contributed by atoms with Gasteiger partial charge in [0.15, 0.2) is 0 Å². The molecule has 126 valence electrons. The molecule has 0 radical (unpaired) electrons. The van der Waals surface area contributed by atoms with Crippen molar-refractivity contribution in [2.45, 2.75) is 19.8 Å². The number of hydrogen-bond acceptors (Lipinski definition) is 3. The molecule has 1 aliphatic heterocycles. The van der Waals surface area contributed by atoms with E-state index in [0.717, 1.165) is 30.9 Å². The molecular formula is C18H19Cl2N3O. The monoisotopic (exact) mass is 363 g/mol. The van der Waals surface area contributed by atoms with Crippen molar-refractivity contribution in [3.63, 3.8) is 0 Å². The third-order valence-electron chi connectivity index (χ3n) is 4.07. The molecule has 1 saturated heterocycles. The zero-order valence-corrected chi connectivity index (χ0v) is 14.9. The third-order valence-corrected chi connectivity index (χ3v) is 4.51. The van der Waals surface area contributed by atoms with Gasteiger partial charge in [-0.3, -0.25) is 9.78 Å². The highest BCUT2D eigenvalue weighted by molar-refractivity contribution is 6.35. The summed E-state index contributed by atoms with van der Waals surface area (Å²) >= 11 is 12.0. The summed E-state index contributed by atoms with van der Waals surface area (Å²) in [6.07, 6.45) is 3.86. The van der Waals surface area contributed by atoms with Crippen molar-refractivity contribution in [1.82, 2.24) is 9.88 Å². The normalized spacial score (nSPS) is 17.6. The van der Waals surface area contributed by atoms with E-state index in [1.807, 2.05) is 11.0 Å². The number of pyridine rings is 1. The van der Waals surface area contributed by atoms with E-state index >= 15 is 0 Å². The number of hydrogen-bond donors (Lipinski definition) is 1. The molecule has 1 aromatic carbocycles. The number of amides is 1. The number of halogens is 2. The number of anilines is 2. The first kappa shape index (κ1) is 17.1. The van der Waals surface area contributed by atoms with Gasteiger partial charge in [0.05, 0.1) is 0 Å². The Balaban J connectivity index is 1.77. The van der Waals surface area contributed by atoms with Crippen LogP contribution in [0, 0.1) is 5.92 Å². The van der Waals surface area contributed by atoms with Crippen LogP contribution in [0.15, 0.2) is 36.5 Å². The number of aromatic nitrogens is 1. The van der Waals surface area contributed by atoms with Crippen LogP contribution in [-0.4, -0.2) is 28.9 Å².